The normalized spacial score (nSPS) is 11.2. The van der Waals surface area contributed by atoms with Crippen LogP contribution in [0.5, 0.6) is 5.75 Å². The Morgan fingerprint density at radius 1 is 1.03 bits per heavy atom. The number of benzene rings is 2. The van der Waals surface area contributed by atoms with Gasteiger partial charge in [0.1, 0.15) is 17.1 Å². The molecule has 0 aliphatic carbocycles. The number of aromatic nitrogens is 2. The summed E-state index contributed by atoms with van der Waals surface area (Å²) in [7, 11) is 1.48. The fourth-order valence-electron chi connectivity index (χ4n) is 2.61. The van der Waals surface area contributed by atoms with Crippen molar-refractivity contribution in [3.05, 3.63) is 66.1 Å². The molecular weight excluding hydrogens is 388 g/mol. The van der Waals surface area contributed by atoms with Gasteiger partial charge in [0.15, 0.2) is 5.82 Å². The predicted octanol–water partition coefficient (Wildman–Crippen LogP) is 5.54. The molecule has 29 heavy (non-hydrogen) atoms. The molecule has 0 saturated carbocycles. The number of hydrogen-bond donors (Lipinski definition) is 1. The standard InChI is InChI=1S/C20H18F4N4O/c1-3-29-16-10-8-15(9-11-16)28(2)18-17(20(22,23)24)12-25-19(27-18)26-14-6-4-13(21)5-7-14/h4-12H,3H2,1-2H3,(H,25,26,27). The number of halogens is 4. The molecule has 2 aromatic carbocycles. The predicted molar refractivity (Wildman–Crippen MR) is 102 cm³/mol. The molecule has 0 aliphatic heterocycles. The summed E-state index contributed by atoms with van der Waals surface area (Å²) in [5, 5.41) is 2.78. The summed E-state index contributed by atoms with van der Waals surface area (Å²) >= 11 is 0. The minimum atomic E-state index is -4.64. The van der Waals surface area contributed by atoms with Crippen LogP contribution in [0, 0.1) is 5.82 Å². The lowest BCUT2D eigenvalue weighted by Crippen LogP contribution is -2.19. The third-order valence-electron chi connectivity index (χ3n) is 4.03. The number of rotatable bonds is 6. The van der Waals surface area contributed by atoms with Gasteiger partial charge in [-0.25, -0.2) is 9.37 Å². The van der Waals surface area contributed by atoms with Crippen molar-refractivity contribution in [1.29, 1.82) is 0 Å². The number of ether oxygens (including phenoxy) is 1. The Hall–Kier alpha value is -3.36. The maximum atomic E-state index is 13.5. The SMILES string of the molecule is CCOc1ccc(N(C)c2nc(Nc3ccc(F)cc3)ncc2C(F)(F)F)cc1. The van der Waals surface area contributed by atoms with Crippen LogP contribution in [-0.4, -0.2) is 23.6 Å². The van der Waals surface area contributed by atoms with Gasteiger partial charge in [0.05, 0.1) is 6.61 Å². The zero-order valence-corrected chi connectivity index (χ0v) is 15.7. The van der Waals surface area contributed by atoms with E-state index < -0.39 is 17.6 Å². The van der Waals surface area contributed by atoms with Gasteiger partial charge in [-0.2, -0.15) is 18.2 Å². The summed E-state index contributed by atoms with van der Waals surface area (Å²) in [6.07, 6.45) is -3.91. The Morgan fingerprint density at radius 2 is 1.69 bits per heavy atom. The number of anilines is 4. The lowest BCUT2D eigenvalue weighted by atomic mass is 10.2. The van der Waals surface area contributed by atoms with Crippen molar-refractivity contribution in [1.82, 2.24) is 9.97 Å². The molecule has 3 aromatic rings. The van der Waals surface area contributed by atoms with Crippen molar-refractivity contribution in [2.45, 2.75) is 13.1 Å². The second-order valence-electron chi connectivity index (χ2n) is 6.05. The highest BCUT2D eigenvalue weighted by Crippen LogP contribution is 2.38. The second kappa shape index (κ2) is 8.34. The van der Waals surface area contributed by atoms with E-state index in [0.717, 1.165) is 6.20 Å². The topological polar surface area (TPSA) is 50.3 Å². The fraction of sp³-hybridized carbons (Fsp3) is 0.200. The van der Waals surface area contributed by atoms with Crippen LogP contribution in [-0.2, 0) is 6.18 Å². The molecule has 0 spiro atoms. The smallest absolute Gasteiger partial charge is 0.421 e. The molecule has 0 saturated heterocycles. The summed E-state index contributed by atoms with van der Waals surface area (Å²) in [5.41, 5.74) is -0.0373. The van der Waals surface area contributed by atoms with E-state index in [9.17, 15) is 17.6 Å². The van der Waals surface area contributed by atoms with E-state index in [1.165, 1.54) is 36.2 Å². The van der Waals surface area contributed by atoms with Gasteiger partial charge in [0.2, 0.25) is 5.95 Å². The maximum absolute atomic E-state index is 13.5. The van der Waals surface area contributed by atoms with Gasteiger partial charge in [-0.05, 0) is 55.5 Å². The van der Waals surface area contributed by atoms with Crippen molar-refractivity contribution in [3.63, 3.8) is 0 Å². The Labute approximate surface area is 165 Å². The first-order valence-electron chi connectivity index (χ1n) is 8.71. The molecule has 1 N–H and O–H groups in total. The van der Waals surface area contributed by atoms with Crippen molar-refractivity contribution >= 4 is 23.1 Å². The lowest BCUT2D eigenvalue weighted by molar-refractivity contribution is -0.137. The van der Waals surface area contributed by atoms with Crippen molar-refractivity contribution in [3.8, 4) is 5.75 Å². The summed E-state index contributed by atoms with van der Waals surface area (Å²) in [6.45, 7) is 2.32. The number of hydrogen-bond acceptors (Lipinski definition) is 5. The molecular formula is C20H18F4N4O. The van der Waals surface area contributed by atoms with Crippen LogP contribution in [0.25, 0.3) is 0 Å². The molecule has 0 bridgehead atoms. The van der Waals surface area contributed by atoms with Gasteiger partial charge >= 0.3 is 6.18 Å². The Balaban J connectivity index is 1.96. The van der Waals surface area contributed by atoms with E-state index in [1.54, 1.807) is 24.3 Å². The molecule has 9 heteroatoms. The van der Waals surface area contributed by atoms with Gasteiger partial charge in [-0.3, -0.25) is 0 Å². The molecule has 0 aliphatic rings. The quantitative estimate of drug-likeness (QED) is 0.545. The van der Waals surface area contributed by atoms with E-state index in [1.807, 2.05) is 6.92 Å². The third-order valence-corrected chi connectivity index (χ3v) is 4.03. The maximum Gasteiger partial charge on any atom is 0.421 e. The first kappa shape index (κ1) is 20.4. The second-order valence-corrected chi connectivity index (χ2v) is 6.05. The molecule has 0 atom stereocenters. The average Bonchev–Trinajstić information content (AvgIpc) is 2.69. The molecule has 3 rings (SSSR count). The highest BCUT2D eigenvalue weighted by atomic mass is 19.4. The molecule has 0 amide bonds. The fourth-order valence-corrected chi connectivity index (χ4v) is 2.61. The number of nitrogens with zero attached hydrogens (tertiary/aromatic N) is 3. The molecule has 152 valence electrons. The minimum absolute atomic E-state index is 0.0441. The summed E-state index contributed by atoms with van der Waals surface area (Å²) in [5.74, 6) is -0.180. The van der Waals surface area contributed by atoms with Crippen molar-refractivity contribution in [2.75, 3.05) is 23.9 Å². The Bertz CT molecular complexity index is 960. The summed E-state index contributed by atoms with van der Waals surface area (Å²) in [4.78, 5) is 9.12. The van der Waals surface area contributed by atoms with E-state index in [4.69, 9.17) is 4.74 Å². The van der Waals surface area contributed by atoms with Crippen LogP contribution in [0.3, 0.4) is 0 Å². The third kappa shape index (κ3) is 4.92. The largest absolute Gasteiger partial charge is 0.494 e. The van der Waals surface area contributed by atoms with Gasteiger partial charge in [0, 0.05) is 24.6 Å². The number of alkyl halides is 3. The van der Waals surface area contributed by atoms with Gasteiger partial charge in [-0.1, -0.05) is 0 Å². The highest BCUT2D eigenvalue weighted by Gasteiger charge is 2.36. The van der Waals surface area contributed by atoms with Gasteiger partial charge < -0.3 is 15.0 Å². The van der Waals surface area contributed by atoms with Gasteiger partial charge in [0.25, 0.3) is 0 Å². The van der Waals surface area contributed by atoms with E-state index in [0.29, 0.717) is 23.7 Å². The van der Waals surface area contributed by atoms with E-state index in [-0.39, 0.29) is 11.8 Å². The van der Waals surface area contributed by atoms with E-state index >= 15 is 0 Å². The van der Waals surface area contributed by atoms with Crippen LogP contribution >= 0.6 is 0 Å². The van der Waals surface area contributed by atoms with Crippen LogP contribution < -0.4 is 15.0 Å². The summed E-state index contributed by atoms with van der Waals surface area (Å²) in [6, 6.07) is 11.9. The summed E-state index contributed by atoms with van der Waals surface area (Å²) < 4.78 is 58.9. The average molecular weight is 406 g/mol. The monoisotopic (exact) mass is 406 g/mol. The molecule has 0 radical (unpaired) electrons. The first-order chi connectivity index (χ1) is 13.8. The van der Waals surface area contributed by atoms with Crippen LogP contribution in [0.4, 0.5) is 40.7 Å². The van der Waals surface area contributed by atoms with Crippen LogP contribution in [0.15, 0.2) is 54.7 Å². The Kier molecular flexibility index (Phi) is 5.86. The molecule has 0 unspecified atom stereocenters. The molecule has 1 heterocycles. The highest BCUT2D eigenvalue weighted by molar-refractivity contribution is 5.65. The molecule has 0 fully saturated rings. The molecule has 1 aromatic heterocycles. The molecule has 5 nitrogen and oxygen atoms in total. The van der Waals surface area contributed by atoms with Crippen LogP contribution in [0.2, 0.25) is 0 Å². The van der Waals surface area contributed by atoms with Crippen molar-refractivity contribution < 1.29 is 22.3 Å². The number of nitrogens with one attached hydrogen (secondary N) is 1. The minimum Gasteiger partial charge on any atom is -0.494 e. The van der Waals surface area contributed by atoms with Gasteiger partial charge in [-0.15, -0.1) is 0 Å². The lowest BCUT2D eigenvalue weighted by Gasteiger charge is -2.23. The zero-order valence-electron chi connectivity index (χ0n) is 15.7. The van der Waals surface area contributed by atoms with Crippen molar-refractivity contribution in [2.24, 2.45) is 0 Å². The zero-order chi connectivity index (χ0) is 21.0. The van der Waals surface area contributed by atoms with Crippen LogP contribution in [0.1, 0.15) is 12.5 Å². The first-order valence-corrected chi connectivity index (χ1v) is 8.71. The van der Waals surface area contributed by atoms with E-state index in [2.05, 4.69) is 15.3 Å². The Morgan fingerprint density at radius 3 is 2.28 bits per heavy atom.